The second-order valence-electron chi connectivity index (χ2n) is 16.9. The average Bonchev–Trinajstić information content (AvgIpc) is 3.22. The number of nitrogens with one attached hydrogen (secondary N) is 1. The maximum Gasteiger partial charge on any atom is 0.338 e. The van der Waals surface area contributed by atoms with E-state index in [0.29, 0.717) is 5.56 Å². The third kappa shape index (κ3) is 7.36. The monoisotopic (exact) mass is 835 g/mol. The van der Waals surface area contributed by atoms with Crippen molar-refractivity contribution in [2.45, 2.75) is 95.7 Å². The lowest BCUT2D eigenvalue weighted by Gasteiger charge is -2.65. The molecule has 3 aromatic carbocycles. The molecule has 1 heterocycles. The number of Topliss-reactive ketones (excluding diaryl/α,β-unsaturated/α-hetero) is 1. The van der Waals surface area contributed by atoms with Gasteiger partial charge in [0.05, 0.1) is 29.5 Å². The Labute approximate surface area is 352 Å². The third-order valence-electron chi connectivity index (χ3n) is 12.9. The second-order valence-corrected chi connectivity index (χ2v) is 16.9. The van der Waals surface area contributed by atoms with Crippen LogP contribution in [0.2, 0.25) is 0 Å². The molecule has 2 bridgehead atoms. The molecular weight excluding hydrogens is 787 g/mol. The molecule has 4 aliphatic rings. The molecule has 0 unspecified atom stereocenters. The summed E-state index contributed by atoms with van der Waals surface area (Å²) in [6.45, 7) is 8.39. The highest BCUT2D eigenvalue weighted by Crippen LogP contribution is 2.63. The van der Waals surface area contributed by atoms with Crippen molar-refractivity contribution in [1.82, 2.24) is 5.32 Å². The molecule has 10 atom stereocenters. The number of hydrogen-bond acceptors (Lipinski definition) is 13. The molecule has 0 spiro atoms. The van der Waals surface area contributed by atoms with E-state index in [2.05, 4.69) is 5.32 Å². The van der Waals surface area contributed by atoms with Gasteiger partial charge in [-0.3, -0.25) is 19.2 Å². The van der Waals surface area contributed by atoms with Crippen LogP contribution >= 0.6 is 0 Å². The molecule has 3 N–H and O–H groups in total. The molecule has 1 amide bonds. The second kappa shape index (κ2) is 16.1. The topological polar surface area (TPSA) is 201 Å². The van der Waals surface area contributed by atoms with Crippen molar-refractivity contribution >= 4 is 35.6 Å². The molecule has 3 aliphatic carbocycles. The van der Waals surface area contributed by atoms with Crippen molar-refractivity contribution < 1.29 is 62.7 Å². The predicted molar refractivity (Wildman–Crippen MR) is 216 cm³/mol. The number of allylic oxidation sites excluding steroid dienone is 1. The first-order valence-corrected chi connectivity index (χ1v) is 20.1. The van der Waals surface area contributed by atoms with Gasteiger partial charge in [0, 0.05) is 31.2 Å². The lowest BCUT2D eigenvalue weighted by Crippen LogP contribution is -2.78. The third-order valence-corrected chi connectivity index (χ3v) is 12.9. The number of esters is 4. The molecule has 1 saturated heterocycles. The number of aliphatic hydroxyl groups excluding tert-OH is 1. The summed E-state index contributed by atoms with van der Waals surface area (Å²) in [7, 11) is 0. The van der Waals surface area contributed by atoms with E-state index < -0.39 is 107 Å². The van der Waals surface area contributed by atoms with E-state index in [1.165, 1.54) is 19.1 Å². The fraction of sp³-hybridized carbons (Fsp3) is 0.404. The van der Waals surface area contributed by atoms with Gasteiger partial charge in [-0.2, -0.15) is 0 Å². The molecule has 2 fully saturated rings. The minimum absolute atomic E-state index is 0.0769. The summed E-state index contributed by atoms with van der Waals surface area (Å²) in [6.07, 6.45) is -5.14. The Balaban J connectivity index is 1.38. The molecule has 14 nitrogen and oxygen atoms in total. The Morgan fingerprint density at radius 1 is 0.820 bits per heavy atom. The number of benzene rings is 3. The van der Waals surface area contributed by atoms with Crippen molar-refractivity contribution in [2.75, 3.05) is 6.61 Å². The predicted octanol–water partition coefficient (Wildman–Crippen LogP) is 4.54. The molecule has 0 radical (unpaired) electrons. The number of fused-ring (bicyclic) bond motifs is 5. The molecule has 3 aromatic rings. The summed E-state index contributed by atoms with van der Waals surface area (Å²) in [5, 5.41) is 28.2. The van der Waals surface area contributed by atoms with Crippen molar-refractivity contribution in [2.24, 2.45) is 16.7 Å². The average molecular weight is 836 g/mol. The van der Waals surface area contributed by atoms with E-state index in [4.69, 9.17) is 23.7 Å². The van der Waals surface area contributed by atoms with Gasteiger partial charge >= 0.3 is 23.9 Å². The van der Waals surface area contributed by atoms with Crippen molar-refractivity contribution in [1.29, 1.82) is 0 Å². The Kier molecular flexibility index (Phi) is 11.4. The van der Waals surface area contributed by atoms with E-state index in [1.54, 1.807) is 119 Å². The Morgan fingerprint density at radius 2 is 1.41 bits per heavy atom. The number of ether oxygens (including phenoxy) is 5. The molecule has 320 valence electrons. The van der Waals surface area contributed by atoms with Gasteiger partial charge in [-0.25, -0.2) is 9.59 Å². The molecule has 14 heteroatoms. The SMILES string of the molecule is CC(=O)O[C@H]1C(=O)[C@]2(C)C=C[C@H]3OC[C@@]3(OC(C)=O)[C@H]2[C@H](OC(=O)c2ccccc2)[C@@]2(O)C[C@H](OC(=O)[C@H](O)[C@@H](NC(=O)c3ccccc3)c3ccccc3)C(C)=C1C2(C)C. The molecule has 1 aliphatic heterocycles. The van der Waals surface area contributed by atoms with Gasteiger partial charge in [0.25, 0.3) is 5.91 Å². The fourth-order valence-corrected chi connectivity index (χ4v) is 9.73. The van der Waals surface area contributed by atoms with Gasteiger partial charge in [0.15, 0.2) is 23.6 Å². The van der Waals surface area contributed by atoms with Gasteiger partial charge in [0.2, 0.25) is 0 Å². The maximum atomic E-state index is 15.4. The van der Waals surface area contributed by atoms with Gasteiger partial charge in [-0.1, -0.05) is 92.7 Å². The molecule has 0 aromatic heterocycles. The van der Waals surface area contributed by atoms with Crippen molar-refractivity contribution in [3.05, 3.63) is 131 Å². The number of carbonyl (C=O) groups excluding carboxylic acids is 6. The summed E-state index contributed by atoms with van der Waals surface area (Å²) in [5.74, 6) is -6.27. The summed E-state index contributed by atoms with van der Waals surface area (Å²) in [6, 6.07) is 23.2. The van der Waals surface area contributed by atoms with Crippen LogP contribution in [-0.4, -0.2) is 94.1 Å². The highest BCUT2D eigenvalue weighted by atomic mass is 16.6. The number of carbonyl (C=O) groups is 6. The lowest BCUT2D eigenvalue weighted by molar-refractivity contribution is -0.306. The minimum atomic E-state index is -2.30. The number of aliphatic hydroxyl groups is 2. The number of hydrogen-bond donors (Lipinski definition) is 3. The Hall–Kier alpha value is -5.96. The first-order valence-electron chi connectivity index (χ1n) is 20.1. The summed E-state index contributed by atoms with van der Waals surface area (Å²) in [5.41, 5.74) is -6.24. The maximum absolute atomic E-state index is 15.4. The van der Waals surface area contributed by atoms with E-state index in [1.807, 2.05) is 0 Å². The number of rotatable bonds is 10. The number of ketones is 1. The Morgan fingerprint density at radius 3 is 1.97 bits per heavy atom. The molecule has 7 rings (SSSR count). The highest BCUT2D eigenvalue weighted by molar-refractivity contribution is 5.97. The van der Waals surface area contributed by atoms with Crippen LogP contribution in [0.15, 0.2) is 114 Å². The van der Waals surface area contributed by atoms with Gasteiger partial charge in [-0.05, 0) is 54.8 Å². The zero-order valence-electron chi connectivity index (χ0n) is 34.7. The van der Waals surface area contributed by atoms with Crippen LogP contribution < -0.4 is 5.32 Å². The zero-order chi connectivity index (χ0) is 44.1. The lowest BCUT2D eigenvalue weighted by atomic mass is 9.46. The van der Waals surface area contributed by atoms with Crippen LogP contribution in [0.3, 0.4) is 0 Å². The normalized spacial score (nSPS) is 30.7. The van der Waals surface area contributed by atoms with Crippen LogP contribution in [0.25, 0.3) is 0 Å². The summed E-state index contributed by atoms with van der Waals surface area (Å²) in [4.78, 5) is 83.2. The van der Waals surface area contributed by atoms with Crippen LogP contribution in [0.4, 0.5) is 0 Å². The highest BCUT2D eigenvalue weighted by Gasteiger charge is 2.75. The van der Waals surface area contributed by atoms with Crippen LogP contribution in [-0.2, 0) is 42.9 Å². The minimum Gasteiger partial charge on any atom is -0.456 e. The van der Waals surface area contributed by atoms with Crippen LogP contribution in [0.1, 0.15) is 80.3 Å². The largest absolute Gasteiger partial charge is 0.456 e. The van der Waals surface area contributed by atoms with Gasteiger partial charge in [-0.15, -0.1) is 0 Å². The van der Waals surface area contributed by atoms with Gasteiger partial charge < -0.3 is 39.2 Å². The first kappa shape index (κ1) is 43.1. The zero-order valence-corrected chi connectivity index (χ0v) is 34.7. The molecule has 61 heavy (non-hydrogen) atoms. The standard InChI is InChI=1S/C47H49NO13/c1-26-32(59-43(55)36(51)35(29-16-10-7-11-17-29)48-41(53)30-18-12-8-13-19-30)24-47(56)40(60-42(54)31-20-14-9-15-21-31)38-45(6,23-22-33-46(38,25-57-33)61-28(3)50)39(52)37(58-27(2)49)34(26)44(47,4)5/h7-23,32-33,35-38,40,51,56H,24-25H2,1-6H3,(H,48,53)/t32-,33+,35-,36+,37+,38-,40-,45+,46-,47-/m0/s1. The smallest absolute Gasteiger partial charge is 0.338 e. The Bertz CT molecular complexity index is 2290. The fourth-order valence-electron chi connectivity index (χ4n) is 9.73. The van der Waals surface area contributed by atoms with Gasteiger partial charge in [0.1, 0.15) is 23.9 Å². The molecule has 1 saturated carbocycles. The number of amides is 1. The van der Waals surface area contributed by atoms with E-state index in [9.17, 15) is 34.2 Å². The van der Waals surface area contributed by atoms with E-state index in [0.717, 1.165) is 6.92 Å². The summed E-state index contributed by atoms with van der Waals surface area (Å²) < 4.78 is 30.4. The van der Waals surface area contributed by atoms with E-state index in [-0.39, 0.29) is 28.9 Å². The molecular formula is C47H49NO13. The first-order chi connectivity index (χ1) is 28.9. The summed E-state index contributed by atoms with van der Waals surface area (Å²) >= 11 is 0. The van der Waals surface area contributed by atoms with Crippen molar-refractivity contribution in [3.8, 4) is 0 Å². The van der Waals surface area contributed by atoms with Crippen molar-refractivity contribution in [3.63, 3.8) is 0 Å². The quantitative estimate of drug-likeness (QED) is 0.146. The van der Waals surface area contributed by atoms with Crippen LogP contribution in [0.5, 0.6) is 0 Å². The van der Waals surface area contributed by atoms with Crippen LogP contribution in [0, 0.1) is 16.7 Å². The van der Waals surface area contributed by atoms with E-state index >= 15 is 4.79 Å².